The van der Waals surface area contributed by atoms with Gasteiger partial charge in [0.15, 0.2) is 6.61 Å². The van der Waals surface area contributed by atoms with E-state index in [-0.39, 0.29) is 19.8 Å². The molecule has 0 aromatic carbocycles. The van der Waals surface area contributed by atoms with Gasteiger partial charge in [-0.15, -0.1) is 0 Å². The molecule has 0 spiro atoms. The highest BCUT2D eigenvalue weighted by atomic mass is 16.6. The monoisotopic (exact) mass is 248 g/mol. The average molecular weight is 248 g/mol. The van der Waals surface area contributed by atoms with E-state index in [0.717, 1.165) is 0 Å². The van der Waals surface area contributed by atoms with Crippen LogP contribution in [0.3, 0.4) is 0 Å². The molecule has 0 bridgehead atoms. The lowest BCUT2D eigenvalue weighted by molar-refractivity contribution is -0.163. The number of hydrogen-bond donors (Lipinski definition) is 0. The van der Waals surface area contributed by atoms with Crippen LogP contribution in [0.1, 0.15) is 13.8 Å². The molecule has 0 amide bonds. The Balaban J connectivity index is 3.53. The fraction of sp³-hybridized carbons (Fsp3) is 0.700. The van der Waals surface area contributed by atoms with Gasteiger partial charge in [-0.05, 0) is 13.8 Å². The van der Waals surface area contributed by atoms with Crippen LogP contribution >= 0.6 is 0 Å². The highest BCUT2D eigenvalue weighted by Gasteiger charge is 2.09. The van der Waals surface area contributed by atoms with E-state index in [1.165, 1.54) is 0 Å². The summed E-state index contributed by atoms with van der Waals surface area (Å²) < 4.78 is 18.3. The normalized spacial score (nSPS) is 9.53. The highest BCUT2D eigenvalue weighted by Crippen LogP contribution is 1.86. The van der Waals surface area contributed by atoms with Crippen molar-refractivity contribution in [2.75, 3.05) is 33.0 Å². The molecule has 98 valence electrons. The summed E-state index contributed by atoms with van der Waals surface area (Å²) in [5.41, 5.74) is 0. The van der Waals surface area contributed by atoms with E-state index in [9.17, 15) is 14.4 Å². The maximum absolute atomic E-state index is 11.0. The molecule has 17 heavy (non-hydrogen) atoms. The van der Waals surface area contributed by atoms with E-state index in [4.69, 9.17) is 4.74 Å². The Bertz CT molecular complexity index is 261. The van der Waals surface area contributed by atoms with Crippen molar-refractivity contribution in [1.82, 2.24) is 0 Å². The first-order valence-electron chi connectivity index (χ1n) is 5.14. The van der Waals surface area contributed by atoms with Gasteiger partial charge >= 0.3 is 17.9 Å². The van der Waals surface area contributed by atoms with Crippen LogP contribution in [-0.4, -0.2) is 50.9 Å². The number of rotatable bonds is 8. The topological polar surface area (TPSA) is 88.1 Å². The van der Waals surface area contributed by atoms with Crippen LogP contribution in [0.5, 0.6) is 0 Å². The summed E-state index contributed by atoms with van der Waals surface area (Å²) in [6.45, 7) is 2.55. The molecule has 0 saturated carbocycles. The predicted octanol–water partition coefficient (Wildman–Crippen LogP) is -0.328. The minimum absolute atomic E-state index is 0.218. The quantitative estimate of drug-likeness (QED) is 0.429. The molecule has 0 heterocycles. The Hall–Kier alpha value is -1.63. The van der Waals surface area contributed by atoms with Gasteiger partial charge in [-0.2, -0.15) is 0 Å². The molecular formula is C10H16O7. The number of carbonyl (C=O) groups is 3. The van der Waals surface area contributed by atoms with Gasteiger partial charge in [0.25, 0.3) is 0 Å². The summed E-state index contributed by atoms with van der Waals surface area (Å²) >= 11 is 0. The summed E-state index contributed by atoms with van der Waals surface area (Å²) in [6.07, 6.45) is 0. The zero-order chi connectivity index (χ0) is 13.1. The molecule has 0 unspecified atom stereocenters. The van der Waals surface area contributed by atoms with E-state index in [2.05, 4.69) is 14.2 Å². The van der Waals surface area contributed by atoms with Crippen molar-refractivity contribution in [2.24, 2.45) is 0 Å². The third-order valence-corrected chi connectivity index (χ3v) is 1.40. The smallest absolute Gasteiger partial charge is 0.344 e. The van der Waals surface area contributed by atoms with Crippen molar-refractivity contribution >= 4 is 17.9 Å². The van der Waals surface area contributed by atoms with Crippen molar-refractivity contribution < 1.29 is 33.3 Å². The lowest BCUT2D eigenvalue weighted by Crippen LogP contribution is -2.21. The van der Waals surface area contributed by atoms with E-state index < -0.39 is 31.1 Å². The Kier molecular flexibility index (Phi) is 8.67. The summed E-state index contributed by atoms with van der Waals surface area (Å²) in [6, 6.07) is 0. The fourth-order valence-corrected chi connectivity index (χ4v) is 0.804. The van der Waals surface area contributed by atoms with Crippen molar-refractivity contribution in [1.29, 1.82) is 0 Å². The predicted molar refractivity (Wildman–Crippen MR) is 55.0 cm³/mol. The molecule has 0 N–H and O–H groups in total. The van der Waals surface area contributed by atoms with Crippen LogP contribution in [-0.2, 0) is 33.3 Å². The average Bonchev–Trinajstić information content (AvgIpc) is 2.27. The maximum atomic E-state index is 11.0. The second-order valence-corrected chi connectivity index (χ2v) is 2.76. The maximum Gasteiger partial charge on any atom is 0.344 e. The second-order valence-electron chi connectivity index (χ2n) is 2.76. The van der Waals surface area contributed by atoms with Crippen LogP contribution in [0, 0.1) is 0 Å². The lowest BCUT2D eigenvalue weighted by atomic mass is 10.6. The number of ether oxygens (including phenoxy) is 4. The van der Waals surface area contributed by atoms with Gasteiger partial charge in [0.05, 0.1) is 13.2 Å². The molecule has 7 heteroatoms. The zero-order valence-electron chi connectivity index (χ0n) is 9.89. The van der Waals surface area contributed by atoms with Crippen LogP contribution in [0.2, 0.25) is 0 Å². The Morgan fingerprint density at radius 2 is 1.12 bits per heavy atom. The summed E-state index contributed by atoms with van der Waals surface area (Å²) in [5, 5.41) is 0. The van der Waals surface area contributed by atoms with Gasteiger partial charge in [-0.25, -0.2) is 14.4 Å². The zero-order valence-corrected chi connectivity index (χ0v) is 9.89. The summed E-state index contributed by atoms with van der Waals surface area (Å²) in [5.74, 6) is -1.95. The number of esters is 3. The van der Waals surface area contributed by atoms with Gasteiger partial charge < -0.3 is 18.9 Å². The highest BCUT2D eigenvalue weighted by molar-refractivity contribution is 5.77. The minimum Gasteiger partial charge on any atom is -0.464 e. The molecule has 0 fully saturated rings. The third kappa shape index (κ3) is 9.31. The SMILES string of the molecule is CCOC(=O)COCC(=O)OCC(=O)OCC. The van der Waals surface area contributed by atoms with Gasteiger partial charge in [-0.3, -0.25) is 0 Å². The van der Waals surface area contributed by atoms with Gasteiger partial charge in [0.2, 0.25) is 0 Å². The third-order valence-electron chi connectivity index (χ3n) is 1.40. The van der Waals surface area contributed by atoms with E-state index in [1.807, 2.05) is 0 Å². The first-order valence-corrected chi connectivity index (χ1v) is 5.14. The molecule has 0 rings (SSSR count). The Morgan fingerprint density at radius 3 is 1.59 bits per heavy atom. The molecule has 0 saturated heterocycles. The van der Waals surface area contributed by atoms with Crippen LogP contribution in [0.4, 0.5) is 0 Å². The largest absolute Gasteiger partial charge is 0.464 e. The molecule has 0 aliphatic rings. The first kappa shape index (κ1) is 15.4. The molecule has 0 aromatic rings. The van der Waals surface area contributed by atoms with Gasteiger partial charge in [-0.1, -0.05) is 0 Å². The number of carbonyl (C=O) groups excluding carboxylic acids is 3. The summed E-state index contributed by atoms with van der Waals surface area (Å²) in [7, 11) is 0. The molecule has 0 atom stereocenters. The number of hydrogen-bond acceptors (Lipinski definition) is 7. The van der Waals surface area contributed by atoms with Crippen molar-refractivity contribution in [3.8, 4) is 0 Å². The Labute approximate surface area is 99.0 Å². The van der Waals surface area contributed by atoms with Crippen LogP contribution < -0.4 is 0 Å². The standard InChI is InChI=1S/C10H16O7/c1-3-15-8(11)5-14-6-9(12)17-7-10(13)16-4-2/h3-7H2,1-2H3. The molecule has 0 radical (unpaired) electrons. The van der Waals surface area contributed by atoms with Crippen molar-refractivity contribution in [2.45, 2.75) is 13.8 Å². The fourth-order valence-electron chi connectivity index (χ4n) is 0.804. The molecule has 0 aliphatic carbocycles. The first-order chi connectivity index (χ1) is 8.10. The lowest BCUT2D eigenvalue weighted by Gasteiger charge is -2.05. The van der Waals surface area contributed by atoms with E-state index in [1.54, 1.807) is 13.8 Å². The van der Waals surface area contributed by atoms with Crippen LogP contribution in [0.25, 0.3) is 0 Å². The second kappa shape index (κ2) is 9.59. The van der Waals surface area contributed by atoms with E-state index >= 15 is 0 Å². The van der Waals surface area contributed by atoms with Gasteiger partial charge in [0, 0.05) is 0 Å². The molecular weight excluding hydrogens is 232 g/mol. The summed E-state index contributed by atoms with van der Waals surface area (Å²) in [4.78, 5) is 32.6. The van der Waals surface area contributed by atoms with E-state index in [0.29, 0.717) is 0 Å². The molecule has 0 aliphatic heterocycles. The molecule has 7 nitrogen and oxygen atoms in total. The molecule has 0 aromatic heterocycles. The van der Waals surface area contributed by atoms with Crippen LogP contribution in [0.15, 0.2) is 0 Å². The Morgan fingerprint density at radius 1 is 0.706 bits per heavy atom. The van der Waals surface area contributed by atoms with Gasteiger partial charge in [0.1, 0.15) is 13.2 Å². The van der Waals surface area contributed by atoms with Crippen molar-refractivity contribution in [3.63, 3.8) is 0 Å². The minimum atomic E-state index is -0.748. The van der Waals surface area contributed by atoms with Crippen molar-refractivity contribution in [3.05, 3.63) is 0 Å².